The van der Waals surface area contributed by atoms with Gasteiger partial charge in [0.1, 0.15) is 12.3 Å². The van der Waals surface area contributed by atoms with Crippen LogP contribution in [0.3, 0.4) is 0 Å². The predicted molar refractivity (Wildman–Crippen MR) is 154 cm³/mol. The van der Waals surface area contributed by atoms with E-state index in [4.69, 9.17) is 4.74 Å². The fourth-order valence-electron chi connectivity index (χ4n) is 4.34. The van der Waals surface area contributed by atoms with E-state index >= 15 is 0 Å². The van der Waals surface area contributed by atoms with E-state index in [0.717, 1.165) is 22.6 Å². The first-order valence-electron chi connectivity index (χ1n) is 13.2. The minimum atomic E-state index is -0.422. The molecule has 0 atom stereocenters. The molecule has 0 N–H and O–H groups in total. The second-order valence-electron chi connectivity index (χ2n) is 11.0. The SMILES string of the molecule is COc1cccc(Cn2cccc2CN(C(=O)CN(CC(C)C)C(=O)C=Cc2ccccc2)C(C)(C)C)c1. The van der Waals surface area contributed by atoms with Crippen molar-refractivity contribution < 1.29 is 14.3 Å². The van der Waals surface area contributed by atoms with Crippen molar-refractivity contribution in [3.63, 3.8) is 0 Å². The molecule has 202 valence electrons. The van der Waals surface area contributed by atoms with E-state index in [9.17, 15) is 9.59 Å². The molecule has 0 spiro atoms. The maximum Gasteiger partial charge on any atom is 0.247 e. The average molecular weight is 516 g/mol. The molecule has 0 saturated carbocycles. The summed E-state index contributed by atoms with van der Waals surface area (Å²) >= 11 is 0. The zero-order chi connectivity index (χ0) is 27.7. The largest absolute Gasteiger partial charge is 0.497 e. The Morgan fingerprint density at radius 2 is 1.74 bits per heavy atom. The first kappa shape index (κ1) is 28.8. The van der Waals surface area contributed by atoms with Crippen LogP contribution in [-0.2, 0) is 22.7 Å². The smallest absolute Gasteiger partial charge is 0.247 e. The van der Waals surface area contributed by atoms with Crippen LogP contribution in [0.5, 0.6) is 5.75 Å². The van der Waals surface area contributed by atoms with Gasteiger partial charge < -0.3 is 19.1 Å². The van der Waals surface area contributed by atoms with Gasteiger partial charge >= 0.3 is 0 Å². The second-order valence-corrected chi connectivity index (χ2v) is 11.0. The van der Waals surface area contributed by atoms with Gasteiger partial charge in [0.15, 0.2) is 0 Å². The van der Waals surface area contributed by atoms with Gasteiger partial charge in [-0.05, 0) is 68.2 Å². The van der Waals surface area contributed by atoms with Crippen molar-refractivity contribution in [3.05, 3.63) is 95.8 Å². The van der Waals surface area contributed by atoms with Crippen molar-refractivity contribution in [1.29, 1.82) is 0 Å². The lowest BCUT2D eigenvalue weighted by Gasteiger charge is -2.37. The van der Waals surface area contributed by atoms with Crippen LogP contribution in [-0.4, -0.2) is 51.9 Å². The molecule has 3 rings (SSSR count). The van der Waals surface area contributed by atoms with E-state index in [2.05, 4.69) is 24.5 Å². The van der Waals surface area contributed by atoms with Crippen molar-refractivity contribution in [2.24, 2.45) is 5.92 Å². The molecular weight excluding hydrogens is 474 g/mol. The van der Waals surface area contributed by atoms with Gasteiger partial charge in [0, 0.05) is 36.6 Å². The molecule has 0 aliphatic heterocycles. The summed E-state index contributed by atoms with van der Waals surface area (Å²) in [6.45, 7) is 11.9. The second kappa shape index (κ2) is 13.1. The quantitative estimate of drug-likeness (QED) is 0.300. The Morgan fingerprint density at radius 3 is 2.39 bits per heavy atom. The predicted octanol–water partition coefficient (Wildman–Crippen LogP) is 5.87. The molecule has 0 radical (unpaired) electrons. The van der Waals surface area contributed by atoms with E-state index in [1.54, 1.807) is 24.2 Å². The highest BCUT2D eigenvalue weighted by atomic mass is 16.5. The van der Waals surface area contributed by atoms with E-state index in [1.165, 1.54) is 0 Å². The number of carbonyl (C=O) groups excluding carboxylic acids is 2. The fourth-order valence-corrected chi connectivity index (χ4v) is 4.34. The third kappa shape index (κ3) is 8.37. The van der Waals surface area contributed by atoms with Crippen molar-refractivity contribution in [2.45, 2.75) is 53.2 Å². The first-order valence-corrected chi connectivity index (χ1v) is 13.2. The molecule has 6 nitrogen and oxygen atoms in total. The Bertz CT molecular complexity index is 1220. The van der Waals surface area contributed by atoms with Gasteiger partial charge in [-0.2, -0.15) is 0 Å². The lowest BCUT2D eigenvalue weighted by Crippen LogP contribution is -2.50. The molecule has 1 aromatic heterocycles. The Hall–Kier alpha value is -3.80. The van der Waals surface area contributed by atoms with Crippen molar-refractivity contribution in [1.82, 2.24) is 14.4 Å². The fraction of sp³-hybridized carbons (Fsp3) is 0.375. The van der Waals surface area contributed by atoms with Crippen LogP contribution in [0.1, 0.15) is 51.4 Å². The van der Waals surface area contributed by atoms with Crippen LogP contribution in [0.2, 0.25) is 0 Å². The number of aromatic nitrogens is 1. The van der Waals surface area contributed by atoms with Crippen LogP contribution in [0.15, 0.2) is 79.0 Å². The standard InChI is InChI=1S/C32H41N3O3/c1-25(2)21-34(30(36)18-17-26-12-8-7-9-13-26)24-31(37)35(32(3,4)5)23-28-15-11-19-33(28)22-27-14-10-16-29(20-27)38-6/h7-20,25H,21-24H2,1-6H3. The third-order valence-corrected chi connectivity index (χ3v) is 6.28. The summed E-state index contributed by atoms with van der Waals surface area (Å²) in [4.78, 5) is 30.4. The normalized spacial score (nSPS) is 11.7. The molecule has 1 heterocycles. The van der Waals surface area contributed by atoms with Gasteiger partial charge in [0.2, 0.25) is 11.8 Å². The van der Waals surface area contributed by atoms with Gasteiger partial charge in [-0.15, -0.1) is 0 Å². The summed E-state index contributed by atoms with van der Waals surface area (Å²) in [5.41, 5.74) is 2.68. The molecule has 2 amide bonds. The number of amides is 2. The van der Waals surface area contributed by atoms with Crippen LogP contribution in [0.4, 0.5) is 0 Å². The zero-order valence-electron chi connectivity index (χ0n) is 23.6. The van der Waals surface area contributed by atoms with E-state index in [0.29, 0.717) is 19.6 Å². The molecule has 0 bridgehead atoms. The van der Waals surface area contributed by atoms with E-state index < -0.39 is 5.54 Å². The zero-order valence-corrected chi connectivity index (χ0v) is 23.6. The van der Waals surface area contributed by atoms with Crippen molar-refractivity contribution in [3.8, 4) is 5.75 Å². The molecule has 0 saturated heterocycles. The molecule has 6 heteroatoms. The minimum absolute atomic E-state index is 0.0318. The Morgan fingerprint density at radius 1 is 1.00 bits per heavy atom. The maximum absolute atomic E-state index is 13.7. The molecule has 0 aliphatic rings. The highest BCUT2D eigenvalue weighted by Crippen LogP contribution is 2.21. The van der Waals surface area contributed by atoms with Crippen LogP contribution < -0.4 is 4.74 Å². The Kier molecular flexibility index (Phi) is 9.94. The molecular formula is C32H41N3O3. The number of nitrogens with zero attached hydrogens (tertiary/aromatic N) is 3. The highest BCUT2D eigenvalue weighted by Gasteiger charge is 2.29. The number of methoxy groups -OCH3 is 1. The molecule has 0 fully saturated rings. The minimum Gasteiger partial charge on any atom is -0.497 e. The van der Waals surface area contributed by atoms with Crippen molar-refractivity contribution in [2.75, 3.05) is 20.2 Å². The third-order valence-electron chi connectivity index (χ3n) is 6.28. The van der Waals surface area contributed by atoms with Gasteiger partial charge in [0.25, 0.3) is 0 Å². The monoisotopic (exact) mass is 515 g/mol. The van der Waals surface area contributed by atoms with E-state index in [1.807, 2.05) is 92.5 Å². The topological polar surface area (TPSA) is 54.8 Å². The van der Waals surface area contributed by atoms with Gasteiger partial charge in [0.05, 0.1) is 13.7 Å². The number of hydrogen-bond acceptors (Lipinski definition) is 3. The van der Waals surface area contributed by atoms with Crippen LogP contribution in [0.25, 0.3) is 6.08 Å². The van der Waals surface area contributed by atoms with E-state index in [-0.39, 0.29) is 24.3 Å². The summed E-state index contributed by atoms with van der Waals surface area (Å²) in [6, 6.07) is 21.8. The number of ether oxygens (including phenoxy) is 1. The molecule has 2 aromatic carbocycles. The lowest BCUT2D eigenvalue weighted by molar-refractivity contribution is -0.142. The summed E-state index contributed by atoms with van der Waals surface area (Å²) in [5, 5.41) is 0. The van der Waals surface area contributed by atoms with Crippen LogP contribution >= 0.6 is 0 Å². The first-order chi connectivity index (χ1) is 18.1. The van der Waals surface area contributed by atoms with Gasteiger partial charge in [-0.3, -0.25) is 9.59 Å². The maximum atomic E-state index is 13.7. The molecule has 3 aromatic rings. The van der Waals surface area contributed by atoms with Gasteiger partial charge in [-0.1, -0.05) is 56.3 Å². The molecule has 0 unspecified atom stereocenters. The van der Waals surface area contributed by atoms with Crippen LogP contribution in [0, 0.1) is 5.92 Å². The average Bonchev–Trinajstić information content (AvgIpc) is 3.31. The van der Waals surface area contributed by atoms with Gasteiger partial charge in [-0.25, -0.2) is 0 Å². The summed E-state index contributed by atoms with van der Waals surface area (Å²) < 4.78 is 7.53. The van der Waals surface area contributed by atoms with Crippen molar-refractivity contribution >= 4 is 17.9 Å². The summed E-state index contributed by atoms with van der Waals surface area (Å²) in [7, 11) is 1.66. The number of rotatable bonds is 11. The Balaban J connectivity index is 1.77. The summed E-state index contributed by atoms with van der Waals surface area (Å²) in [6.07, 6.45) is 5.39. The molecule has 38 heavy (non-hydrogen) atoms. The number of benzene rings is 2. The Labute approximate surface area is 227 Å². The lowest BCUT2D eigenvalue weighted by atomic mass is 10.0. The molecule has 0 aliphatic carbocycles. The number of hydrogen-bond donors (Lipinski definition) is 0. The summed E-state index contributed by atoms with van der Waals surface area (Å²) in [5.74, 6) is 0.818. The highest BCUT2D eigenvalue weighted by molar-refractivity contribution is 5.94. The number of carbonyl (C=O) groups is 2.